The van der Waals surface area contributed by atoms with Gasteiger partial charge in [0.25, 0.3) is 0 Å². The van der Waals surface area contributed by atoms with Crippen molar-refractivity contribution in [1.82, 2.24) is 4.90 Å². The standard InChI is InChI=1S/C30H32N2O8/c1-32(2)24-19-13-16-12-18-15(7-4-14-5-9-17(40-3)10-6-14)8-11-20(33)22(18)25(34)21(16)27(36)30(19,39)28(37)23(26(24)35)29(31)38/h5-6,8-11,16,19,21,23-24,33,39H,4,7,12-13H2,1-3H3,(H2,31,38)/t16-,19-,21?,23?,24-,30-/m0/s1. The number of nitrogens with two attached hydrogens (primary N) is 1. The second kappa shape index (κ2) is 9.94. The average molecular weight is 549 g/mol. The van der Waals surface area contributed by atoms with E-state index < -0.39 is 64.4 Å². The summed E-state index contributed by atoms with van der Waals surface area (Å²) < 4.78 is 5.21. The fourth-order valence-corrected chi connectivity index (χ4v) is 6.97. The zero-order chi connectivity index (χ0) is 29.1. The molecule has 0 bridgehead atoms. The number of Topliss-reactive ketones (excluding diaryl/α,β-unsaturated/α-hetero) is 4. The topological polar surface area (TPSA) is 164 Å². The monoisotopic (exact) mass is 548 g/mol. The maximum absolute atomic E-state index is 13.9. The number of hydrogen-bond donors (Lipinski definition) is 3. The number of rotatable bonds is 6. The number of aliphatic hydroxyl groups is 1. The minimum Gasteiger partial charge on any atom is -0.507 e. The lowest BCUT2D eigenvalue weighted by molar-refractivity contribution is -0.181. The molecule has 0 radical (unpaired) electrons. The molecular weight excluding hydrogens is 516 g/mol. The van der Waals surface area contributed by atoms with E-state index in [4.69, 9.17) is 10.5 Å². The Morgan fingerprint density at radius 1 is 1.05 bits per heavy atom. The second-order valence-electron chi connectivity index (χ2n) is 11.2. The molecule has 210 valence electrons. The highest BCUT2D eigenvalue weighted by molar-refractivity contribution is 6.32. The molecule has 0 saturated heterocycles. The fourth-order valence-electron chi connectivity index (χ4n) is 6.97. The molecule has 40 heavy (non-hydrogen) atoms. The average Bonchev–Trinajstić information content (AvgIpc) is 2.90. The fraction of sp³-hybridized carbons (Fsp3) is 0.433. The number of phenolic OH excluding ortho intramolecular Hbond substituents is 1. The first-order chi connectivity index (χ1) is 18.9. The molecule has 0 aromatic heterocycles. The SMILES string of the molecule is COc1ccc(CCc2ccc(O)c3c2C[C@H]2C[C@H]4[C@H](N(C)C)C(=O)C(C(N)=O)C(=O)[C@@]4(O)C(=O)C2C3=O)cc1. The lowest BCUT2D eigenvalue weighted by Crippen LogP contribution is -2.74. The van der Waals surface area contributed by atoms with Crippen molar-refractivity contribution in [2.24, 2.45) is 29.4 Å². The third kappa shape index (κ3) is 4.05. The second-order valence-corrected chi connectivity index (χ2v) is 11.2. The maximum Gasteiger partial charge on any atom is 0.235 e. The molecule has 3 aliphatic carbocycles. The third-order valence-electron chi connectivity index (χ3n) is 8.88. The summed E-state index contributed by atoms with van der Waals surface area (Å²) in [5.41, 5.74) is 5.17. The molecule has 2 unspecified atom stereocenters. The number of carbonyl (C=O) groups is 5. The zero-order valence-electron chi connectivity index (χ0n) is 22.5. The van der Waals surface area contributed by atoms with Crippen molar-refractivity contribution in [2.75, 3.05) is 21.2 Å². The van der Waals surface area contributed by atoms with Crippen LogP contribution < -0.4 is 10.5 Å². The molecule has 2 aromatic rings. The molecule has 5 rings (SSSR count). The first-order valence-corrected chi connectivity index (χ1v) is 13.2. The van der Waals surface area contributed by atoms with Gasteiger partial charge in [0, 0.05) is 5.92 Å². The molecule has 0 aliphatic heterocycles. The van der Waals surface area contributed by atoms with E-state index in [2.05, 4.69) is 0 Å². The van der Waals surface area contributed by atoms with Gasteiger partial charge in [0.2, 0.25) is 5.91 Å². The molecule has 0 heterocycles. The molecule has 10 nitrogen and oxygen atoms in total. The number of aromatic hydroxyl groups is 1. The van der Waals surface area contributed by atoms with Crippen LogP contribution in [-0.2, 0) is 38.4 Å². The number of primary amides is 1. The minimum absolute atomic E-state index is 0.0128. The molecule has 2 fully saturated rings. The Kier molecular flexibility index (Phi) is 6.87. The Hall–Kier alpha value is -3.89. The smallest absolute Gasteiger partial charge is 0.235 e. The number of methoxy groups -OCH3 is 1. The van der Waals surface area contributed by atoms with Crippen molar-refractivity contribution >= 4 is 29.0 Å². The van der Waals surface area contributed by atoms with Gasteiger partial charge in [-0.25, -0.2) is 0 Å². The number of phenols is 1. The number of likely N-dealkylation sites (N-methyl/N-ethyl adjacent to an activating group) is 1. The van der Waals surface area contributed by atoms with Crippen molar-refractivity contribution < 1.29 is 38.9 Å². The van der Waals surface area contributed by atoms with E-state index in [9.17, 15) is 34.2 Å². The lowest BCUT2D eigenvalue weighted by Gasteiger charge is -2.52. The van der Waals surface area contributed by atoms with E-state index in [0.29, 0.717) is 18.4 Å². The largest absolute Gasteiger partial charge is 0.507 e. The van der Waals surface area contributed by atoms with Gasteiger partial charge in [-0.15, -0.1) is 0 Å². The number of nitrogens with zero attached hydrogens (tertiary/aromatic N) is 1. The molecule has 3 aliphatic rings. The van der Waals surface area contributed by atoms with E-state index in [1.54, 1.807) is 27.3 Å². The first-order valence-electron chi connectivity index (χ1n) is 13.2. The Morgan fingerprint density at radius 2 is 1.73 bits per heavy atom. The Morgan fingerprint density at radius 3 is 2.33 bits per heavy atom. The maximum atomic E-state index is 13.9. The van der Waals surface area contributed by atoms with E-state index in [0.717, 1.165) is 16.9 Å². The van der Waals surface area contributed by atoms with Gasteiger partial charge in [0.15, 0.2) is 34.7 Å². The van der Waals surface area contributed by atoms with E-state index in [-0.39, 0.29) is 24.2 Å². The van der Waals surface area contributed by atoms with Crippen LogP contribution >= 0.6 is 0 Å². The van der Waals surface area contributed by atoms with E-state index in [1.165, 1.54) is 11.0 Å². The molecule has 10 heteroatoms. The number of ketones is 4. The number of ether oxygens (including phenoxy) is 1. The van der Waals surface area contributed by atoms with Crippen LogP contribution in [0.15, 0.2) is 36.4 Å². The first kappa shape index (κ1) is 27.7. The Labute approximate surface area is 231 Å². The highest BCUT2D eigenvalue weighted by atomic mass is 16.5. The highest BCUT2D eigenvalue weighted by Gasteiger charge is 2.69. The quantitative estimate of drug-likeness (QED) is 0.440. The van der Waals surface area contributed by atoms with Crippen molar-refractivity contribution in [3.05, 3.63) is 58.7 Å². The normalized spacial score (nSPS) is 29.6. The van der Waals surface area contributed by atoms with E-state index >= 15 is 0 Å². The third-order valence-corrected chi connectivity index (χ3v) is 8.88. The van der Waals surface area contributed by atoms with Gasteiger partial charge in [0.1, 0.15) is 11.5 Å². The van der Waals surface area contributed by atoms with Crippen LogP contribution in [0.1, 0.15) is 33.5 Å². The van der Waals surface area contributed by atoms with Gasteiger partial charge < -0.3 is 20.7 Å². The summed E-state index contributed by atoms with van der Waals surface area (Å²) >= 11 is 0. The van der Waals surface area contributed by atoms with Crippen LogP contribution in [0.4, 0.5) is 0 Å². The molecule has 2 aromatic carbocycles. The summed E-state index contributed by atoms with van der Waals surface area (Å²) in [5.74, 6) is -9.67. The summed E-state index contributed by atoms with van der Waals surface area (Å²) in [6, 6.07) is 9.68. The molecule has 2 saturated carbocycles. The van der Waals surface area contributed by atoms with Crippen molar-refractivity contribution in [2.45, 2.75) is 37.3 Å². The summed E-state index contributed by atoms with van der Waals surface area (Å²) in [6.45, 7) is 0. The number of aryl methyl sites for hydroxylation is 2. The van der Waals surface area contributed by atoms with Gasteiger partial charge in [-0.05, 0) is 80.6 Å². The van der Waals surface area contributed by atoms with Crippen LogP contribution in [0.3, 0.4) is 0 Å². The van der Waals surface area contributed by atoms with Crippen molar-refractivity contribution in [3.63, 3.8) is 0 Å². The minimum atomic E-state index is -2.72. The predicted molar refractivity (Wildman–Crippen MR) is 142 cm³/mol. The number of hydrogen-bond acceptors (Lipinski definition) is 9. The van der Waals surface area contributed by atoms with E-state index in [1.807, 2.05) is 24.3 Å². The Balaban J connectivity index is 1.53. The van der Waals surface area contributed by atoms with Crippen LogP contribution in [-0.4, -0.2) is 77.0 Å². The predicted octanol–water partition coefficient (Wildman–Crippen LogP) is 0.661. The van der Waals surface area contributed by atoms with Crippen molar-refractivity contribution in [1.29, 1.82) is 0 Å². The molecular formula is C30H32N2O8. The summed E-state index contributed by atoms with van der Waals surface area (Å²) in [5, 5.41) is 22.3. The lowest BCUT2D eigenvalue weighted by atomic mass is 9.52. The molecule has 1 amide bonds. The molecule has 0 spiro atoms. The van der Waals surface area contributed by atoms with Crippen LogP contribution in [0.5, 0.6) is 11.5 Å². The van der Waals surface area contributed by atoms with Gasteiger partial charge >= 0.3 is 0 Å². The van der Waals surface area contributed by atoms with Crippen LogP contribution in [0.2, 0.25) is 0 Å². The summed E-state index contributed by atoms with van der Waals surface area (Å²) in [6.07, 6.45) is 1.50. The number of carbonyl (C=O) groups excluding carboxylic acids is 5. The Bertz CT molecular complexity index is 1430. The van der Waals surface area contributed by atoms with Gasteiger partial charge in [-0.3, -0.25) is 28.9 Å². The van der Waals surface area contributed by atoms with Crippen molar-refractivity contribution in [3.8, 4) is 11.5 Å². The van der Waals surface area contributed by atoms with Crippen LogP contribution in [0.25, 0.3) is 0 Å². The van der Waals surface area contributed by atoms with Gasteiger partial charge in [0.05, 0.1) is 24.6 Å². The van der Waals surface area contributed by atoms with Crippen LogP contribution in [0, 0.1) is 23.7 Å². The number of fused-ring (bicyclic) bond motifs is 3. The number of amides is 1. The molecule has 6 atom stereocenters. The molecule has 4 N–H and O–H groups in total. The van der Waals surface area contributed by atoms with Gasteiger partial charge in [-0.1, -0.05) is 18.2 Å². The summed E-state index contributed by atoms with van der Waals surface area (Å²) in [7, 11) is 4.71. The number of benzene rings is 2. The summed E-state index contributed by atoms with van der Waals surface area (Å²) in [4.78, 5) is 67.8. The van der Waals surface area contributed by atoms with Gasteiger partial charge in [-0.2, -0.15) is 0 Å². The highest BCUT2D eigenvalue weighted by Crippen LogP contribution is 2.51. The zero-order valence-corrected chi connectivity index (χ0v) is 22.5.